The fourth-order valence-electron chi connectivity index (χ4n) is 4.72. The van der Waals surface area contributed by atoms with Gasteiger partial charge in [-0.3, -0.25) is 9.69 Å². The summed E-state index contributed by atoms with van der Waals surface area (Å²) < 4.78 is 18.4. The molecule has 202 valence electrons. The minimum atomic E-state index is -0.581. The highest BCUT2D eigenvalue weighted by molar-refractivity contribution is 5.79. The van der Waals surface area contributed by atoms with Crippen LogP contribution in [0.25, 0.3) is 10.9 Å². The van der Waals surface area contributed by atoms with E-state index in [-0.39, 0.29) is 5.56 Å². The first-order valence-electron chi connectivity index (χ1n) is 12.9. The van der Waals surface area contributed by atoms with Gasteiger partial charge in [-0.15, -0.1) is 5.10 Å². The van der Waals surface area contributed by atoms with Crippen molar-refractivity contribution < 1.29 is 13.9 Å². The number of aromatic nitrogens is 5. The Morgan fingerprint density at radius 3 is 2.69 bits per heavy atom. The third kappa shape index (κ3) is 6.08. The molecule has 39 heavy (non-hydrogen) atoms. The molecule has 0 amide bonds. The zero-order valence-electron chi connectivity index (χ0n) is 22.3. The lowest BCUT2D eigenvalue weighted by molar-refractivity contribution is 0.163. The third-order valence-electron chi connectivity index (χ3n) is 6.56. The first-order chi connectivity index (χ1) is 19.1. The van der Waals surface area contributed by atoms with Crippen molar-refractivity contribution in [1.29, 1.82) is 0 Å². The summed E-state index contributed by atoms with van der Waals surface area (Å²) in [5, 5.41) is 13.5. The van der Waals surface area contributed by atoms with Crippen LogP contribution in [-0.4, -0.2) is 50.4 Å². The van der Waals surface area contributed by atoms with Gasteiger partial charge < -0.3 is 18.9 Å². The number of tetrazole rings is 1. The summed E-state index contributed by atoms with van der Waals surface area (Å²) in [6.45, 7) is 6.38. The summed E-state index contributed by atoms with van der Waals surface area (Å²) in [5.41, 5.74) is 3.26. The summed E-state index contributed by atoms with van der Waals surface area (Å²) in [5.74, 6) is 2.11. The van der Waals surface area contributed by atoms with Gasteiger partial charge in [-0.2, -0.15) is 0 Å². The van der Waals surface area contributed by atoms with Gasteiger partial charge in [0.2, 0.25) is 0 Å². The van der Waals surface area contributed by atoms with Crippen molar-refractivity contribution in [2.24, 2.45) is 0 Å². The molecule has 0 saturated carbocycles. The number of aryl methyl sites for hydroxylation is 1. The summed E-state index contributed by atoms with van der Waals surface area (Å²) in [4.78, 5) is 18.8. The molecule has 0 spiro atoms. The van der Waals surface area contributed by atoms with E-state index in [1.54, 1.807) is 18.1 Å². The Hall–Kier alpha value is -4.28. The summed E-state index contributed by atoms with van der Waals surface area (Å²) in [6.07, 6.45) is 1.65. The van der Waals surface area contributed by atoms with E-state index in [9.17, 15) is 4.79 Å². The van der Waals surface area contributed by atoms with Gasteiger partial charge in [-0.05, 0) is 77.7 Å². The van der Waals surface area contributed by atoms with E-state index in [0.717, 1.165) is 33.5 Å². The fraction of sp³-hybridized carbons (Fsp3) is 0.310. The van der Waals surface area contributed by atoms with Gasteiger partial charge in [0.05, 0.1) is 32.6 Å². The highest BCUT2D eigenvalue weighted by Crippen LogP contribution is 2.30. The standard InChI is InChI=1S/C29H32N6O4/c1-4-38-23-10-8-21(9-11-23)18-34(19-24-6-5-14-39-24)27(28-31-32-33-35(28)13-15-37-3)25-17-22-16-20(2)7-12-26(22)30-29(25)36/h5-12,14,16-17,27H,4,13,15,18-19H2,1-3H3,(H,30,36). The molecule has 2 aromatic carbocycles. The Kier molecular flexibility index (Phi) is 8.14. The smallest absolute Gasteiger partial charge is 0.253 e. The van der Waals surface area contributed by atoms with Crippen molar-refractivity contribution in [3.05, 3.63) is 106 Å². The predicted octanol–water partition coefficient (Wildman–Crippen LogP) is 4.25. The summed E-state index contributed by atoms with van der Waals surface area (Å²) >= 11 is 0. The van der Waals surface area contributed by atoms with Crippen molar-refractivity contribution in [2.45, 2.75) is 39.5 Å². The van der Waals surface area contributed by atoms with Crippen molar-refractivity contribution in [2.75, 3.05) is 20.3 Å². The van der Waals surface area contributed by atoms with E-state index in [2.05, 4.69) is 31.5 Å². The van der Waals surface area contributed by atoms with E-state index in [1.165, 1.54) is 0 Å². The molecule has 5 rings (SSSR count). The maximum atomic E-state index is 13.6. The number of hydrogen-bond donors (Lipinski definition) is 1. The summed E-state index contributed by atoms with van der Waals surface area (Å²) in [7, 11) is 1.63. The monoisotopic (exact) mass is 528 g/mol. The number of pyridine rings is 1. The molecule has 10 nitrogen and oxygen atoms in total. The molecule has 0 aliphatic rings. The second-order valence-corrected chi connectivity index (χ2v) is 9.36. The van der Waals surface area contributed by atoms with Crippen molar-refractivity contribution in [3.63, 3.8) is 0 Å². The number of H-pyrrole nitrogens is 1. The second-order valence-electron chi connectivity index (χ2n) is 9.36. The Balaban J connectivity index is 1.65. The van der Waals surface area contributed by atoms with Crippen LogP contribution in [-0.2, 0) is 24.4 Å². The Labute approximate surface area is 226 Å². The molecule has 5 aromatic rings. The van der Waals surface area contributed by atoms with Crippen LogP contribution in [0.1, 0.15) is 41.2 Å². The maximum Gasteiger partial charge on any atom is 0.253 e. The van der Waals surface area contributed by atoms with Gasteiger partial charge in [0.15, 0.2) is 5.82 Å². The Morgan fingerprint density at radius 1 is 1.10 bits per heavy atom. The number of fused-ring (bicyclic) bond motifs is 1. The lowest BCUT2D eigenvalue weighted by Crippen LogP contribution is -2.35. The molecule has 10 heteroatoms. The van der Waals surface area contributed by atoms with Crippen molar-refractivity contribution >= 4 is 10.9 Å². The molecule has 1 unspecified atom stereocenters. The molecular formula is C29H32N6O4. The predicted molar refractivity (Wildman–Crippen MR) is 146 cm³/mol. The number of furan rings is 1. The van der Waals surface area contributed by atoms with E-state index < -0.39 is 6.04 Å². The van der Waals surface area contributed by atoms with Crippen LogP contribution in [0.15, 0.2) is 76.1 Å². The van der Waals surface area contributed by atoms with Crippen LogP contribution in [0.3, 0.4) is 0 Å². The van der Waals surface area contributed by atoms with Crippen molar-refractivity contribution in [3.8, 4) is 5.75 Å². The molecular weight excluding hydrogens is 496 g/mol. The van der Waals surface area contributed by atoms with E-state index in [4.69, 9.17) is 13.9 Å². The second kappa shape index (κ2) is 12.1. The molecule has 1 N–H and O–H groups in total. The fourth-order valence-corrected chi connectivity index (χ4v) is 4.72. The largest absolute Gasteiger partial charge is 0.494 e. The highest BCUT2D eigenvalue weighted by Gasteiger charge is 2.31. The number of hydrogen-bond acceptors (Lipinski definition) is 8. The Bertz CT molecular complexity index is 1560. The third-order valence-corrected chi connectivity index (χ3v) is 6.56. The average molecular weight is 529 g/mol. The van der Waals surface area contributed by atoms with Crippen LogP contribution in [0, 0.1) is 6.92 Å². The van der Waals surface area contributed by atoms with Crippen LogP contribution >= 0.6 is 0 Å². The van der Waals surface area contributed by atoms with Gasteiger partial charge in [-0.1, -0.05) is 23.8 Å². The van der Waals surface area contributed by atoms with Crippen molar-refractivity contribution in [1.82, 2.24) is 30.1 Å². The highest BCUT2D eigenvalue weighted by atomic mass is 16.5. The molecule has 3 heterocycles. The number of aromatic amines is 1. The first kappa shape index (κ1) is 26.3. The van der Waals surface area contributed by atoms with Gasteiger partial charge in [0, 0.05) is 24.7 Å². The van der Waals surface area contributed by atoms with Gasteiger partial charge >= 0.3 is 0 Å². The molecule has 0 fully saturated rings. The van der Waals surface area contributed by atoms with Crippen LogP contribution < -0.4 is 10.3 Å². The molecule has 0 radical (unpaired) electrons. The SMILES string of the molecule is CCOc1ccc(CN(Cc2ccco2)C(c2cc3cc(C)ccc3[nH]c2=O)c2nnnn2CCOC)cc1. The zero-order valence-corrected chi connectivity index (χ0v) is 22.3. The lowest BCUT2D eigenvalue weighted by Gasteiger charge is -2.30. The topological polar surface area (TPSA) is 111 Å². The van der Waals surface area contributed by atoms with Gasteiger partial charge in [0.25, 0.3) is 5.56 Å². The minimum absolute atomic E-state index is 0.200. The lowest BCUT2D eigenvalue weighted by atomic mass is 10.0. The van der Waals surface area contributed by atoms with Crippen LogP contribution in [0.4, 0.5) is 0 Å². The minimum Gasteiger partial charge on any atom is -0.494 e. The molecule has 3 aromatic heterocycles. The van der Waals surface area contributed by atoms with E-state index in [1.807, 2.05) is 68.4 Å². The average Bonchev–Trinajstić information content (AvgIpc) is 3.62. The zero-order chi connectivity index (χ0) is 27.2. The number of nitrogens with zero attached hydrogens (tertiary/aromatic N) is 5. The van der Waals surface area contributed by atoms with Gasteiger partial charge in [0.1, 0.15) is 17.6 Å². The number of rotatable bonds is 12. The molecule has 1 atom stereocenters. The Morgan fingerprint density at radius 2 is 1.95 bits per heavy atom. The number of methoxy groups -OCH3 is 1. The van der Waals surface area contributed by atoms with Crippen LogP contribution in [0.5, 0.6) is 5.75 Å². The number of ether oxygens (including phenoxy) is 2. The quantitative estimate of drug-likeness (QED) is 0.256. The van der Waals surface area contributed by atoms with E-state index in [0.29, 0.717) is 44.2 Å². The van der Waals surface area contributed by atoms with E-state index >= 15 is 0 Å². The molecule has 0 aliphatic heterocycles. The maximum absolute atomic E-state index is 13.6. The first-order valence-corrected chi connectivity index (χ1v) is 12.9. The summed E-state index contributed by atoms with van der Waals surface area (Å²) in [6, 6.07) is 19.1. The number of benzene rings is 2. The normalized spacial score (nSPS) is 12.3. The molecule has 0 bridgehead atoms. The molecule has 0 aliphatic carbocycles. The van der Waals surface area contributed by atoms with Crippen LogP contribution in [0.2, 0.25) is 0 Å². The van der Waals surface area contributed by atoms with Gasteiger partial charge in [-0.25, -0.2) is 4.68 Å². The number of nitrogens with one attached hydrogen (secondary N) is 1. The molecule has 0 saturated heterocycles.